The number of halogens is 2. The van der Waals surface area contributed by atoms with Crippen LogP contribution < -0.4 is 5.32 Å². The van der Waals surface area contributed by atoms with Crippen LogP contribution in [0.5, 0.6) is 0 Å². The standard InChI is InChI=1S/C18H19F2N5O2/c19-18(20)6-12(7-18)17(27)24-8-13(9-25-15(10-24)21-11-22-25)16(26)23-14-4-2-1-3-5-14/h1-5,11-13H,6-10H2,(H,23,26). The van der Waals surface area contributed by atoms with Gasteiger partial charge in [0.05, 0.1) is 19.0 Å². The molecule has 27 heavy (non-hydrogen) atoms. The summed E-state index contributed by atoms with van der Waals surface area (Å²) in [6.45, 7) is 0.583. The zero-order chi connectivity index (χ0) is 19.0. The molecule has 2 amide bonds. The predicted molar refractivity (Wildman–Crippen MR) is 91.7 cm³/mol. The number of fused-ring (bicyclic) bond motifs is 1. The number of rotatable bonds is 3. The number of aromatic nitrogens is 3. The van der Waals surface area contributed by atoms with Crippen molar-refractivity contribution in [1.29, 1.82) is 0 Å². The van der Waals surface area contributed by atoms with Crippen molar-refractivity contribution in [2.45, 2.75) is 31.9 Å². The van der Waals surface area contributed by atoms with Crippen molar-refractivity contribution in [3.8, 4) is 0 Å². The maximum Gasteiger partial charge on any atom is 0.249 e. The first-order chi connectivity index (χ1) is 12.9. The minimum absolute atomic E-state index is 0.143. The summed E-state index contributed by atoms with van der Waals surface area (Å²) >= 11 is 0. The topological polar surface area (TPSA) is 80.1 Å². The van der Waals surface area contributed by atoms with Gasteiger partial charge in [-0.3, -0.25) is 9.59 Å². The molecule has 9 heteroatoms. The fourth-order valence-electron chi connectivity index (χ4n) is 3.52. The molecule has 1 atom stereocenters. The van der Waals surface area contributed by atoms with E-state index >= 15 is 0 Å². The number of nitrogens with one attached hydrogen (secondary N) is 1. The number of carbonyl (C=O) groups excluding carboxylic acids is 2. The van der Waals surface area contributed by atoms with Gasteiger partial charge in [0.15, 0.2) is 0 Å². The van der Waals surface area contributed by atoms with Crippen LogP contribution in [0.3, 0.4) is 0 Å². The Morgan fingerprint density at radius 1 is 1.11 bits per heavy atom. The number of alkyl halides is 2. The summed E-state index contributed by atoms with van der Waals surface area (Å²) < 4.78 is 27.9. The fourth-order valence-corrected chi connectivity index (χ4v) is 3.52. The first-order valence-electron chi connectivity index (χ1n) is 8.80. The van der Waals surface area contributed by atoms with Crippen molar-refractivity contribution in [2.24, 2.45) is 11.8 Å². The second-order valence-corrected chi connectivity index (χ2v) is 7.09. The SMILES string of the molecule is O=C(Nc1ccccc1)C1CN(C(=O)C2CC(F)(F)C2)Cc2ncnn2C1. The lowest BCUT2D eigenvalue weighted by atomic mass is 9.80. The van der Waals surface area contributed by atoms with Crippen LogP contribution in [0.15, 0.2) is 36.7 Å². The van der Waals surface area contributed by atoms with Gasteiger partial charge in [0.1, 0.15) is 12.2 Å². The van der Waals surface area contributed by atoms with Crippen LogP contribution in [-0.4, -0.2) is 43.9 Å². The van der Waals surface area contributed by atoms with E-state index in [1.54, 1.807) is 16.8 Å². The Kier molecular flexibility index (Phi) is 4.37. The van der Waals surface area contributed by atoms with E-state index in [1.807, 2.05) is 18.2 Å². The van der Waals surface area contributed by atoms with Crippen LogP contribution in [0.4, 0.5) is 14.5 Å². The normalized spacial score (nSPS) is 21.7. The maximum atomic E-state index is 13.2. The van der Waals surface area contributed by atoms with Crippen LogP contribution in [0.2, 0.25) is 0 Å². The van der Waals surface area contributed by atoms with Gasteiger partial charge in [-0.2, -0.15) is 5.10 Å². The Hall–Kier alpha value is -2.84. The molecule has 1 aromatic heterocycles. The van der Waals surface area contributed by atoms with Gasteiger partial charge >= 0.3 is 0 Å². The molecule has 0 radical (unpaired) electrons. The summed E-state index contributed by atoms with van der Waals surface area (Å²) in [5.41, 5.74) is 0.655. The molecular formula is C18H19F2N5O2. The van der Waals surface area contributed by atoms with E-state index in [1.165, 1.54) is 11.2 Å². The van der Waals surface area contributed by atoms with Crippen molar-refractivity contribution >= 4 is 17.5 Å². The quantitative estimate of drug-likeness (QED) is 0.889. The Bertz CT molecular complexity index is 846. The molecule has 0 spiro atoms. The maximum absolute atomic E-state index is 13.2. The Labute approximate surface area is 154 Å². The average molecular weight is 375 g/mol. The smallest absolute Gasteiger partial charge is 0.249 e. The number of para-hydroxylation sites is 1. The third-order valence-corrected chi connectivity index (χ3v) is 5.03. The molecule has 1 unspecified atom stereocenters. The van der Waals surface area contributed by atoms with Crippen LogP contribution in [0.25, 0.3) is 0 Å². The van der Waals surface area contributed by atoms with Gasteiger partial charge in [0.2, 0.25) is 17.7 Å². The summed E-state index contributed by atoms with van der Waals surface area (Å²) in [7, 11) is 0. The molecular weight excluding hydrogens is 356 g/mol. The summed E-state index contributed by atoms with van der Waals surface area (Å²) in [5.74, 6) is -4.08. The third-order valence-electron chi connectivity index (χ3n) is 5.03. The molecule has 1 aliphatic heterocycles. The number of benzene rings is 1. The zero-order valence-corrected chi connectivity index (χ0v) is 14.5. The second-order valence-electron chi connectivity index (χ2n) is 7.09. The summed E-state index contributed by atoms with van der Waals surface area (Å²) in [6.07, 6.45) is 0.499. The summed E-state index contributed by atoms with van der Waals surface area (Å²) in [4.78, 5) is 31.0. The highest BCUT2D eigenvalue weighted by Gasteiger charge is 2.50. The van der Waals surface area contributed by atoms with E-state index in [-0.39, 0.29) is 31.4 Å². The van der Waals surface area contributed by atoms with Gasteiger partial charge < -0.3 is 10.2 Å². The monoisotopic (exact) mass is 375 g/mol. The zero-order valence-electron chi connectivity index (χ0n) is 14.5. The van der Waals surface area contributed by atoms with E-state index in [0.717, 1.165) is 0 Å². The second kappa shape index (κ2) is 6.71. The lowest BCUT2D eigenvalue weighted by Crippen LogP contribution is -2.48. The van der Waals surface area contributed by atoms with Gasteiger partial charge in [-0.05, 0) is 12.1 Å². The minimum Gasteiger partial charge on any atom is -0.334 e. The van der Waals surface area contributed by atoms with Gasteiger partial charge in [-0.25, -0.2) is 18.4 Å². The summed E-state index contributed by atoms with van der Waals surface area (Å²) in [5, 5.41) is 6.95. The molecule has 7 nitrogen and oxygen atoms in total. The first-order valence-corrected chi connectivity index (χ1v) is 8.80. The molecule has 2 aliphatic rings. The van der Waals surface area contributed by atoms with Crippen LogP contribution in [-0.2, 0) is 22.7 Å². The molecule has 4 rings (SSSR count). The van der Waals surface area contributed by atoms with Crippen LogP contribution >= 0.6 is 0 Å². The van der Waals surface area contributed by atoms with E-state index < -0.39 is 30.6 Å². The first kappa shape index (κ1) is 17.6. The van der Waals surface area contributed by atoms with Gasteiger partial charge in [-0.15, -0.1) is 0 Å². The lowest BCUT2D eigenvalue weighted by Gasteiger charge is -2.37. The van der Waals surface area contributed by atoms with E-state index in [9.17, 15) is 18.4 Å². The molecule has 1 saturated carbocycles. The van der Waals surface area contributed by atoms with E-state index in [4.69, 9.17) is 0 Å². The van der Waals surface area contributed by atoms with Gasteiger partial charge in [0, 0.05) is 31.0 Å². The molecule has 1 aromatic carbocycles. The van der Waals surface area contributed by atoms with Gasteiger partial charge in [0.25, 0.3) is 0 Å². The largest absolute Gasteiger partial charge is 0.334 e. The number of hydrogen-bond acceptors (Lipinski definition) is 4. The van der Waals surface area contributed by atoms with Crippen LogP contribution in [0, 0.1) is 11.8 Å². The van der Waals surface area contributed by atoms with Crippen molar-refractivity contribution in [2.75, 3.05) is 11.9 Å². The number of carbonyl (C=O) groups is 2. The Morgan fingerprint density at radius 3 is 2.56 bits per heavy atom. The molecule has 0 saturated heterocycles. The molecule has 2 aromatic rings. The Morgan fingerprint density at radius 2 is 1.85 bits per heavy atom. The number of nitrogens with zero attached hydrogens (tertiary/aromatic N) is 4. The van der Waals surface area contributed by atoms with E-state index in [2.05, 4.69) is 15.4 Å². The van der Waals surface area contributed by atoms with Crippen molar-refractivity contribution in [3.63, 3.8) is 0 Å². The Balaban J connectivity index is 1.52. The third kappa shape index (κ3) is 3.67. The molecule has 2 heterocycles. The molecule has 1 N–H and O–H groups in total. The minimum atomic E-state index is -2.77. The molecule has 1 aliphatic carbocycles. The molecule has 142 valence electrons. The highest BCUT2D eigenvalue weighted by molar-refractivity contribution is 5.93. The van der Waals surface area contributed by atoms with Crippen molar-refractivity contribution < 1.29 is 18.4 Å². The molecule has 0 bridgehead atoms. The number of hydrogen-bond donors (Lipinski definition) is 1. The number of anilines is 1. The van der Waals surface area contributed by atoms with Gasteiger partial charge in [-0.1, -0.05) is 18.2 Å². The molecule has 1 fully saturated rings. The van der Waals surface area contributed by atoms with Crippen LogP contribution in [0.1, 0.15) is 18.7 Å². The fraction of sp³-hybridized carbons (Fsp3) is 0.444. The number of amides is 2. The summed E-state index contributed by atoms with van der Waals surface area (Å²) in [6, 6.07) is 9.01. The van der Waals surface area contributed by atoms with Crippen molar-refractivity contribution in [1.82, 2.24) is 19.7 Å². The lowest BCUT2D eigenvalue weighted by molar-refractivity contribution is -0.161. The highest BCUT2D eigenvalue weighted by Crippen LogP contribution is 2.43. The van der Waals surface area contributed by atoms with E-state index in [0.29, 0.717) is 11.5 Å². The predicted octanol–water partition coefficient (Wildman–Crippen LogP) is 1.92. The average Bonchev–Trinajstić information content (AvgIpc) is 2.97. The van der Waals surface area contributed by atoms with Crippen molar-refractivity contribution in [3.05, 3.63) is 42.5 Å². The highest BCUT2D eigenvalue weighted by atomic mass is 19.3.